The van der Waals surface area contributed by atoms with Gasteiger partial charge < -0.3 is 4.90 Å². The van der Waals surface area contributed by atoms with Crippen molar-refractivity contribution < 1.29 is 4.79 Å². The molecule has 1 aliphatic heterocycles. The van der Waals surface area contributed by atoms with E-state index >= 15 is 0 Å². The van der Waals surface area contributed by atoms with Gasteiger partial charge in [-0.2, -0.15) is 4.99 Å². The molecule has 0 fully saturated rings. The number of benzene rings is 1. The predicted octanol–water partition coefficient (Wildman–Crippen LogP) is 2.66. The van der Waals surface area contributed by atoms with E-state index in [0.29, 0.717) is 10.1 Å². The van der Waals surface area contributed by atoms with Crippen LogP contribution in [0.5, 0.6) is 0 Å². The minimum Gasteiger partial charge on any atom is -0.321 e. The molecule has 1 aromatic rings. The van der Waals surface area contributed by atoms with Crippen molar-refractivity contribution in [1.29, 1.82) is 0 Å². The van der Waals surface area contributed by atoms with Crippen LogP contribution in [0.15, 0.2) is 46.8 Å². The molecular weight excluding hydrogens is 220 g/mol. The van der Waals surface area contributed by atoms with E-state index < -0.39 is 0 Å². The Balaban J connectivity index is 2.28. The summed E-state index contributed by atoms with van der Waals surface area (Å²) < 4.78 is 0. The van der Waals surface area contributed by atoms with Crippen molar-refractivity contribution in [3.8, 4) is 0 Å². The zero-order valence-corrected chi connectivity index (χ0v) is 9.83. The minimum atomic E-state index is -0.227. The Labute approximate surface area is 98.9 Å². The van der Waals surface area contributed by atoms with Crippen molar-refractivity contribution in [3.05, 3.63) is 41.8 Å². The number of rotatable bonds is 2. The average Bonchev–Trinajstić information content (AvgIpc) is 2.61. The summed E-state index contributed by atoms with van der Waals surface area (Å²) in [5.41, 5.74) is 1.04. The fourth-order valence-electron chi connectivity index (χ4n) is 1.48. The summed E-state index contributed by atoms with van der Waals surface area (Å²) >= 11 is 1.33. The maximum Gasteiger partial charge on any atom is 0.285 e. The Kier molecular flexibility index (Phi) is 3.10. The molecule has 82 valence electrons. The third kappa shape index (κ3) is 2.02. The zero-order valence-electron chi connectivity index (χ0n) is 9.01. The SMILES string of the molecule is C=C1SC(N(CC)c2ccccc2)=NC1=O. The molecule has 1 heterocycles. The first-order chi connectivity index (χ1) is 7.72. The highest BCUT2D eigenvalue weighted by Crippen LogP contribution is 2.29. The third-order valence-electron chi connectivity index (χ3n) is 2.27. The van der Waals surface area contributed by atoms with Crippen molar-refractivity contribution in [2.24, 2.45) is 4.99 Å². The molecule has 0 aliphatic carbocycles. The van der Waals surface area contributed by atoms with Gasteiger partial charge in [0.2, 0.25) is 0 Å². The van der Waals surface area contributed by atoms with E-state index in [2.05, 4.69) is 11.6 Å². The van der Waals surface area contributed by atoms with E-state index in [-0.39, 0.29) is 5.91 Å². The molecule has 0 saturated heterocycles. The van der Waals surface area contributed by atoms with Gasteiger partial charge in [-0.15, -0.1) is 0 Å². The molecule has 4 heteroatoms. The maximum absolute atomic E-state index is 11.3. The Hall–Kier alpha value is -1.55. The first kappa shape index (κ1) is 11.0. The van der Waals surface area contributed by atoms with E-state index in [1.165, 1.54) is 11.8 Å². The van der Waals surface area contributed by atoms with Crippen LogP contribution in [-0.2, 0) is 4.79 Å². The van der Waals surface area contributed by atoms with Gasteiger partial charge in [0.15, 0.2) is 5.17 Å². The second-order valence-corrected chi connectivity index (χ2v) is 4.37. The van der Waals surface area contributed by atoms with Crippen molar-refractivity contribution in [2.75, 3.05) is 11.4 Å². The topological polar surface area (TPSA) is 32.7 Å². The van der Waals surface area contributed by atoms with Gasteiger partial charge >= 0.3 is 0 Å². The fourth-order valence-corrected chi connectivity index (χ4v) is 2.30. The fraction of sp³-hybridized carbons (Fsp3) is 0.167. The van der Waals surface area contributed by atoms with Gasteiger partial charge in [0.05, 0.1) is 4.91 Å². The number of carbonyl (C=O) groups excluding carboxylic acids is 1. The lowest BCUT2D eigenvalue weighted by Crippen LogP contribution is -2.26. The summed E-state index contributed by atoms with van der Waals surface area (Å²) in [6, 6.07) is 9.89. The number of hydrogen-bond donors (Lipinski definition) is 0. The molecule has 0 spiro atoms. The van der Waals surface area contributed by atoms with Crippen molar-refractivity contribution in [3.63, 3.8) is 0 Å². The lowest BCUT2D eigenvalue weighted by Gasteiger charge is -2.21. The molecule has 0 bridgehead atoms. The standard InChI is InChI=1S/C12H12N2OS/c1-3-14(10-7-5-4-6-8-10)12-13-11(15)9(2)16-12/h4-8H,2-3H2,1H3. The van der Waals surface area contributed by atoms with E-state index in [1.54, 1.807) is 0 Å². The van der Waals surface area contributed by atoms with Crippen LogP contribution in [0.25, 0.3) is 0 Å². The normalized spacial score (nSPS) is 15.2. The lowest BCUT2D eigenvalue weighted by molar-refractivity contribution is -0.113. The van der Waals surface area contributed by atoms with E-state index in [4.69, 9.17) is 0 Å². The smallest absolute Gasteiger partial charge is 0.285 e. The molecule has 1 aliphatic rings. The van der Waals surface area contributed by atoms with Crippen LogP contribution in [0, 0.1) is 0 Å². The molecule has 1 amide bonds. The molecule has 0 atom stereocenters. The maximum atomic E-state index is 11.3. The quantitative estimate of drug-likeness (QED) is 0.735. The molecule has 16 heavy (non-hydrogen) atoms. The summed E-state index contributed by atoms with van der Waals surface area (Å²) in [7, 11) is 0. The van der Waals surface area contributed by atoms with Gasteiger partial charge in [0.25, 0.3) is 5.91 Å². The summed E-state index contributed by atoms with van der Waals surface area (Å²) in [5.74, 6) is -0.227. The van der Waals surface area contributed by atoms with Crippen LogP contribution in [-0.4, -0.2) is 17.6 Å². The lowest BCUT2D eigenvalue weighted by atomic mass is 10.3. The van der Waals surface area contributed by atoms with Crippen molar-refractivity contribution in [2.45, 2.75) is 6.92 Å². The highest BCUT2D eigenvalue weighted by molar-refractivity contribution is 8.18. The molecule has 1 aromatic carbocycles. The van der Waals surface area contributed by atoms with Crippen molar-refractivity contribution in [1.82, 2.24) is 0 Å². The van der Waals surface area contributed by atoms with Crippen LogP contribution < -0.4 is 4.90 Å². The summed E-state index contributed by atoms with van der Waals surface area (Å²) in [5, 5.41) is 0.712. The van der Waals surface area contributed by atoms with Crippen LogP contribution in [0.1, 0.15) is 6.92 Å². The highest BCUT2D eigenvalue weighted by atomic mass is 32.2. The number of anilines is 1. The van der Waals surface area contributed by atoms with Gasteiger partial charge in [0.1, 0.15) is 0 Å². The molecule has 0 saturated carbocycles. The second kappa shape index (κ2) is 4.53. The Morgan fingerprint density at radius 1 is 1.38 bits per heavy atom. The van der Waals surface area contributed by atoms with Gasteiger partial charge in [-0.1, -0.05) is 24.8 Å². The van der Waals surface area contributed by atoms with E-state index in [1.807, 2.05) is 42.2 Å². The summed E-state index contributed by atoms with van der Waals surface area (Å²) in [6.07, 6.45) is 0. The number of carbonyl (C=O) groups is 1. The predicted molar refractivity (Wildman–Crippen MR) is 68.6 cm³/mol. The highest BCUT2D eigenvalue weighted by Gasteiger charge is 2.24. The van der Waals surface area contributed by atoms with E-state index in [0.717, 1.165) is 12.2 Å². The zero-order chi connectivity index (χ0) is 11.5. The number of thioether (sulfide) groups is 1. The third-order valence-corrected chi connectivity index (χ3v) is 3.18. The average molecular weight is 232 g/mol. The molecule has 0 aromatic heterocycles. The Morgan fingerprint density at radius 3 is 2.56 bits per heavy atom. The number of hydrogen-bond acceptors (Lipinski definition) is 3. The number of amides is 1. The van der Waals surface area contributed by atoms with Gasteiger partial charge in [-0.05, 0) is 30.8 Å². The van der Waals surface area contributed by atoms with Crippen LogP contribution in [0.2, 0.25) is 0 Å². The molecule has 0 N–H and O–H groups in total. The number of amidine groups is 1. The first-order valence-corrected chi connectivity index (χ1v) is 5.86. The van der Waals surface area contributed by atoms with Crippen LogP contribution >= 0.6 is 11.8 Å². The summed E-state index contributed by atoms with van der Waals surface area (Å²) in [4.78, 5) is 17.8. The summed E-state index contributed by atoms with van der Waals surface area (Å²) in [6.45, 7) is 6.47. The Bertz CT molecular complexity index is 453. The Morgan fingerprint density at radius 2 is 2.06 bits per heavy atom. The van der Waals surface area contributed by atoms with E-state index in [9.17, 15) is 4.79 Å². The van der Waals surface area contributed by atoms with Gasteiger partial charge in [-0.25, -0.2) is 0 Å². The van der Waals surface area contributed by atoms with Gasteiger partial charge in [-0.3, -0.25) is 4.79 Å². The monoisotopic (exact) mass is 232 g/mol. The number of para-hydroxylation sites is 1. The largest absolute Gasteiger partial charge is 0.321 e. The minimum absolute atomic E-state index is 0.227. The number of nitrogens with zero attached hydrogens (tertiary/aromatic N) is 2. The number of aliphatic imine (C=N–C) groups is 1. The molecule has 2 rings (SSSR count). The van der Waals surface area contributed by atoms with Gasteiger partial charge in [0, 0.05) is 12.2 Å². The molecular formula is C12H12N2OS. The van der Waals surface area contributed by atoms with Crippen LogP contribution in [0.3, 0.4) is 0 Å². The molecule has 0 radical (unpaired) electrons. The van der Waals surface area contributed by atoms with Crippen molar-refractivity contribution >= 4 is 28.5 Å². The second-order valence-electron chi connectivity index (χ2n) is 3.30. The molecule has 3 nitrogen and oxygen atoms in total. The first-order valence-electron chi connectivity index (χ1n) is 5.04. The van der Waals surface area contributed by atoms with Crippen LogP contribution in [0.4, 0.5) is 5.69 Å². The molecule has 0 unspecified atom stereocenters.